The summed E-state index contributed by atoms with van der Waals surface area (Å²) in [5.74, 6) is 0.814. The molecule has 1 aliphatic heterocycles. The van der Waals surface area contributed by atoms with Crippen LogP contribution in [0, 0.1) is 0 Å². The lowest BCUT2D eigenvalue weighted by Crippen LogP contribution is -2.12. The molecule has 2 aromatic carbocycles. The molecule has 1 unspecified atom stereocenters. The topological polar surface area (TPSA) is 125 Å². The zero-order valence-corrected chi connectivity index (χ0v) is 14.9. The van der Waals surface area contributed by atoms with Crippen molar-refractivity contribution in [2.75, 3.05) is 13.2 Å². The summed E-state index contributed by atoms with van der Waals surface area (Å²) in [6, 6.07) is 12.8. The maximum absolute atomic E-state index is 11.3. The van der Waals surface area contributed by atoms with Crippen molar-refractivity contribution in [1.29, 1.82) is 0 Å². The molecule has 1 saturated heterocycles. The van der Waals surface area contributed by atoms with Crippen molar-refractivity contribution in [3.05, 3.63) is 48.0 Å². The van der Waals surface area contributed by atoms with Crippen LogP contribution in [0.15, 0.2) is 42.5 Å². The lowest BCUT2D eigenvalue weighted by molar-refractivity contribution is 0.100. The minimum absolute atomic E-state index is 0.100. The summed E-state index contributed by atoms with van der Waals surface area (Å²) >= 11 is 0. The van der Waals surface area contributed by atoms with Gasteiger partial charge in [0, 0.05) is 23.3 Å². The lowest BCUT2D eigenvalue weighted by atomic mass is 10.1. The van der Waals surface area contributed by atoms with Gasteiger partial charge < -0.3 is 10.5 Å². The van der Waals surface area contributed by atoms with Crippen molar-refractivity contribution >= 4 is 16.9 Å². The monoisotopic (exact) mass is 375 g/mol. The molecule has 9 heteroatoms. The van der Waals surface area contributed by atoms with Crippen molar-refractivity contribution in [2.24, 2.45) is 5.73 Å². The van der Waals surface area contributed by atoms with Gasteiger partial charge in [-0.05, 0) is 30.7 Å². The van der Waals surface area contributed by atoms with Crippen molar-refractivity contribution < 1.29 is 9.53 Å². The van der Waals surface area contributed by atoms with Crippen LogP contribution >= 0.6 is 0 Å². The number of primary amides is 1. The molecule has 28 heavy (non-hydrogen) atoms. The minimum atomic E-state index is -0.466. The molecule has 5 rings (SSSR count). The molecule has 0 saturated carbocycles. The third-order valence-corrected chi connectivity index (χ3v) is 4.90. The van der Waals surface area contributed by atoms with Gasteiger partial charge in [0.25, 0.3) is 0 Å². The number of ether oxygens (including phenoxy) is 1. The Morgan fingerprint density at radius 2 is 2.04 bits per heavy atom. The Labute approximate surface area is 159 Å². The number of aromatic amines is 1. The highest BCUT2D eigenvalue weighted by Gasteiger charge is 2.25. The molecule has 1 atom stereocenters. The fraction of sp³-hybridized carbons (Fsp3) is 0.211. The van der Waals surface area contributed by atoms with Crippen LogP contribution in [0.25, 0.3) is 33.8 Å². The molecular formula is C19H17N7O2. The Bertz CT molecular complexity index is 1160. The highest BCUT2D eigenvalue weighted by Crippen LogP contribution is 2.31. The van der Waals surface area contributed by atoms with Crippen LogP contribution in [0.4, 0.5) is 0 Å². The maximum atomic E-state index is 11.3. The van der Waals surface area contributed by atoms with Crippen LogP contribution in [-0.4, -0.2) is 49.3 Å². The Morgan fingerprint density at radius 3 is 2.79 bits per heavy atom. The van der Waals surface area contributed by atoms with Crippen LogP contribution < -0.4 is 5.73 Å². The van der Waals surface area contributed by atoms with E-state index in [1.165, 1.54) is 0 Å². The molecule has 140 valence electrons. The summed E-state index contributed by atoms with van der Waals surface area (Å²) < 4.78 is 7.47. The first-order valence-electron chi connectivity index (χ1n) is 8.95. The molecule has 3 heterocycles. The fourth-order valence-electron chi connectivity index (χ4n) is 3.43. The number of amides is 1. The van der Waals surface area contributed by atoms with Gasteiger partial charge in [0.1, 0.15) is 11.0 Å². The number of nitrogens with two attached hydrogens (primary N) is 1. The van der Waals surface area contributed by atoms with E-state index in [-0.39, 0.29) is 6.04 Å². The van der Waals surface area contributed by atoms with E-state index in [1.54, 1.807) is 24.3 Å². The zero-order chi connectivity index (χ0) is 19.1. The molecule has 1 aliphatic rings. The quantitative estimate of drug-likeness (QED) is 0.562. The number of carbonyl (C=O) groups is 1. The first-order valence-corrected chi connectivity index (χ1v) is 8.95. The van der Waals surface area contributed by atoms with E-state index in [1.807, 2.05) is 22.9 Å². The van der Waals surface area contributed by atoms with E-state index in [9.17, 15) is 4.79 Å². The number of fused-ring (bicyclic) bond motifs is 1. The molecular weight excluding hydrogens is 358 g/mol. The number of rotatable bonds is 4. The summed E-state index contributed by atoms with van der Waals surface area (Å²) in [5.41, 5.74) is 8.93. The van der Waals surface area contributed by atoms with E-state index in [0.717, 1.165) is 28.6 Å². The lowest BCUT2D eigenvalue weighted by Gasteiger charge is -2.11. The van der Waals surface area contributed by atoms with Crippen molar-refractivity contribution in [3.8, 4) is 22.8 Å². The molecule has 0 aliphatic carbocycles. The third-order valence-electron chi connectivity index (χ3n) is 4.90. The number of nitrogens with zero attached hydrogens (tertiary/aromatic N) is 5. The average Bonchev–Trinajstić information content (AvgIpc) is 3.47. The molecule has 0 spiro atoms. The number of carbonyl (C=O) groups excluding carboxylic acids is 1. The normalized spacial score (nSPS) is 16.6. The predicted molar refractivity (Wildman–Crippen MR) is 101 cm³/mol. The van der Waals surface area contributed by atoms with Gasteiger partial charge >= 0.3 is 0 Å². The SMILES string of the molecule is NC(=O)c1ccc(-c2nc(-c3cccc4n[nH]nc34)n(C3CCOC3)n2)cc1. The molecule has 3 N–H and O–H groups in total. The van der Waals surface area contributed by atoms with Gasteiger partial charge in [-0.3, -0.25) is 4.79 Å². The first kappa shape index (κ1) is 16.6. The van der Waals surface area contributed by atoms with Crippen molar-refractivity contribution in [2.45, 2.75) is 12.5 Å². The molecule has 9 nitrogen and oxygen atoms in total. The maximum Gasteiger partial charge on any atom is 0.248 e. The van der Waals surface area contributed by atoms with E-state index in [0.29, 0.717) is 30.4 Å². The Morgan fingerprint density at radius 1 is 1.18 bits per heavy atom. The van der Waals surface area contributed by atoms with Gasteiger partial charge in [0.2, 0.25) is 5.91 Å². The number of nitrogens with one attached hydrogen (secondary N) is 1. The van der Waals surface area contributed by atoms with Crippen LogP contribution in [0.2, 0.25) is 0 Å². The van der Waals surface area contributed by atoms with Crippen LogP contribution in [0.3, 0.4) is 0 Å². The fourth-order valence-corrected chi connectivity index (χ4v) is 3.43. The van der Waals surface area contributed by atoms with Crippen molar-refractivity contribution in [1.82, 2.24) is 30.2 Å². The number of aromatic nitrogens is 6. The summed E-state index contributed by atoms with van der Waals surface area (Å²) in [5, 5.41) is 15.9. The average molecular weight is 375 g/mol. The van der Waals surface area contributed by atoms with Gasteiger partial charge in [-0.2, -0.15) is 20.5 Å². The van der Waals surface area contributed by atoms with Gasteiger partial charge in [-0.15, -0.1) is 0 Å². The molecule has 1 amide bonds. The molecule has 0 bridgehead atoms. The van der Waals surface area contributed by atoms with Gasteiger partial charge in [-0.1, -0.05) is 18.2 Å². The van der Waals surface area contributed by atoms with E-state index < -0.39 is 5.91 Å². The number of H-pyrrole nitrogens is 1. The Balaban J connectivity index is 1.65. The van der Waals surface area contributed by atoms with Gasteiger partial charge in [0.05, 0.1) is 12.6 Å². The standard InChI is InChI=1S/C19H17N7O2/c20-17(27)11-4-6-12(7-5-11)18-21-19(26(24-18)13-8-9-28-10-13)14-2-1-3-15-16(14)23-25-22-15/h1-7,13H,8-10H2,(H2,20,27)(H,22,23,25). The number of hydrogen-bond donors (Lipinski definition) is 2. The smallest absolute Gasteiger partial charge is 0.248 e. The van der Waals surface area contributed by atoms with E-state index in [4.69, 9.17) is 20.6 Å². The van der Waals surface area contributed by atoms with Crippen LogP contribution in [0.1, 0.15) is 22.8 Å². The molecule has 2 aromatic heterocycles. The van der Waals surface area contributed by atoms with Gasteiger partial charge in [0.15, 0.2) is 11.6 Å². The van der Waals surface area contributed by atoms with E-state index in [2.05, 4.69) is 15.4 Å². The van der Waals surface area contributed by atoms with Gasteiger partial charge in [-0.25, -0.2) is 9.67 Å². The Hall–Kier alpha value is -3.59. The zero-order valence-electron chi connectivity index (χ0n) is 14.9. The first-order chi connectivity index (χ1) is 13.7. The summed E-state index contributed by atoms with van der Waals surface area (Å²) in [7, 11) is 0. The summed E-state index contributed by atoms with van der Waals surface area (Å²) in [6.07, 6.45) is 0.866. The second kappa shape index (κ2) is 6.54. The number of para-hydroxylation sites is 1. The summed E-state index contributed by atoms with van der Waals surface area (Å²) in [6.45, 7) is 1.28. The third kappa shape index (κ3) is 2.72. The number of hydrogen-bond acceptors (Lipinski definition) is 6. The van der Waals surface area contributed by atoms with E-state index >= 15 is 0 Å². The Kier molecular flexibility index (Phi) is 3.87. The number of benzene rings is 2. The predicted octanol–water partition coefficient (Wildman–Crippen LogP) is 1.94. The molecule has 0 radical (unpaired) electrons. The highest BCUT2D eigenvalue weighted by molar-refractivity contribution is 5.93. The second-order valence-electron chi connectivity index (χ2n) is 6.66. The molecule has 4 aromatic rings. The van der Waals surface area contributed by atoms with Crippen molar-refractivity contribution in [3.63, 3.8) is 0 Å². The summed E-state index contributed by atoms with van der Waals surface area (Å²) in [4.78, 5) is 16.1. The largest absolute Gasteiger partial charge is 0.379 e. The highest BCUT2D eigenvalue weighted by atomic mass is 16.5. The molecule has 1 fully saturated rings. The second-order valence-corrected chi connectivity index (χ2v) is 6.66. The van der Waals surface area contributed by atoms with Crippen LogP contribution in [0.5, 0.6) is 0 Å². The van der Waals surface area contributed by atoms with Crippen LogP contribution in [-0.2, 0) is 4.74 Å². The minimum Gasteiger partial charge on any atom is -0.379 e.